The third-order valence-electron chi connectivity index (χ3n) is 3.78. The normalized spacial score (nSPS) is 16.9. The Morgan fingerprint density at radius 2 is 2.10 bits per heavy atom. The number of nitrogens with one attached hydrogen (secondary N) is 2. The Kier molecular flexibility index (Phi) is 4.00. The molecule has 1 aliphatic rings. The van der Waals surface area contributed by atoms with Gasteiger partial charge in [-0.3, -0.25) is 9.36 Å². The standard InChI is InChI=1S/C13H17N3O2S2/c1-9-8-20-11-10(9)14-13(18)16(12(11)17)3-2-15-4-6-19-7-5-15/h8H,2-7H2,1H3,(H,14,18)/p+1. The number of fused-ring (bicyclic) bond motifs is 1. The number of rotatable bonds is 3. The molecule has 0 aromatic carbocycles. The van der Waals surface area contributed by atoms with E-state index in [1.54, 1.807) is 0 Å². The second-order valence-corrected chi connectivity index (χ2v) is 7.23. The molecule has 2 aromatic rings. The summed E-state index contributed by atoms with van der Waals surface area (Å²) < 4.78 is 2.01. The lowest BCUT2D eigenvalue weighted by molar-refractivity contribution is -0.896. The van der Waals surface area contributed by atoms with Gasteiger partial charge >= 0.3 is 5.69 Å². The minimum Gasteiger partial charge on any atom is -0.332 e. The smallest absolute Gasteiger partial charge is 0.329 e. The molecular formula is C13H18N3O2S2+. The van der Waals surface area contributed by atoms with Crippen molar-refractivity contribution in [2.45, 2.75) is 13.5 Å². The number of aryl methyl sites for hydroxylation is 1. The van der Waals surface area contributed by atoms with E-state index in [0.29, 0.717) is 16.8 Å². The number of aromatic nitrogens is 2. The molecular weight excluding hydrogens is 294 g/mol. The van der Waals surface area contributed by atoms with Crippen LogP contribution in [0.4, 0.5) is 0 Å². The molecule has 5 nitrogen and oxygen atoms in total. The van der Waals surface area contributed by atoms with Crippen LogP contribution < -0.4 is 16.1 Å². The van der Waals surface area contributed by atoms with E-state index in [4.69, 9.17) is 0 Å². The number of hydrogen-bond acceptors (Lipinski definition) is 4. The van der Waals surface area contributed by atoms with Crippen LogP contribution >= 0.6 is 23.1 Å². The number of H-pyrrole nitrogens is 1. The molecule has 1 saturated heterocycles. The molecule has 0 aliphatic carbocycles. The largest absolute Gasteiger partial charge is 0.332 e. The van der Waals surface area contributed by atoms with Crippen molar-refractivity contribution in [1.82, 2.24) is 9.55 Å². The van der Waals surface area contributed by atoms with Crippen molar-refractivity contribution < 1.29 is 4.90 Å². The summed E-state index contributed by atoms with van der Waals surface area (Å²) in [6.07, 6.45) is 0. The number of nitrogens with zero attached hydrogens (tertiary/aromatic N) is 1. The fraction of sp³-hybridized carbons (Fsp3) is 0.538. The molecule has 0 saturated carbocycles. The summed E-state index contributed by atoms with van der Waals surface area (Å²) in [6.45, 7) is 5.50. The fourth-order valence-electron chi connectivity index (χ4n) is 2.53. The predicted molar refractivity (Wildman–Crippen MR) is 84.3 cm³/mol. The fourth-order valence-corrected chi connectivity index (χ4v) is 4.55. The van der Waals surface area contributed by atoms with Crippen molar-refractivity contribution in [1.29, 1.82) is 0 Å². The molecule has 1 fully saturated rings. The van der Waals surface area contributed by atoms with E-state index in [0.717, 1.165) is 25.2 Å². The first-order valence-corrected chi connectivity index (χ1v) is 8.82. The molecule has 0 amide bonds. The van der Waals surface area contributed by atoms with Gasteiger partial charge in [-0.1, -0.05) is 0 Å². The second-order valence-electron chi connectivity index (χ2n) is 5.12. The Labute approximate surface area is 124 Å². The lowest BCUT2D eigenvalue weighted by Crippen LogP contribution is -3.14. The van der Waals surface area contributed by atoms with Gasteiger partial charge in [-0.15, -0.1) is 11.3 Å². The Hall–Kier alpha value is -1.05. The summed E-state index contributed by atoms with van der Waals surface area (Å²) in [5, 5.41) is 1.92. The minimum absolute atomic E-state index is 0.146. The Morgan fingerprint density at radius 1 is 1.35 bits per heavy atom. The minimum atomic E-state index is -0.283. The van der Waals surface area contributed by atoms with Crippen molar-refractivity contribution in [3.05, 3.63) is 31.8 Å². The quantitative estimate of drug-likeness (QED) is 0.817. The maximum absolute atomic E-state index is 12.4. The van der Waals surface area contributed by atoms with Gasteiger partial charge in [-0.2, -0.15) is 11.8 Å². The van der Waals surface area contributed by atoms with Crippen LogP contribution in [0.15, 0.2) is 15.0 Å². The van der Waals surface area contributed by atoms with Crippen molar-refractivity contribution in [2.24, 2.45) is 0 Å². The van der Waals surface area contributed by atoms with Gasteiger partial charge in [0.25, 0.3) is 5.56 Å². The Morgan fingerprint density at radius 3 is 2.85 bits per heavy atom. The van der Waals surface area contributed by atoms with E-state index in [9.17, 15) is 9.59 Å². The van der Waals surface area contributed by atoms with Crippen LogP contribution in [0.2, 0.25) is 0 Å². The second kappa shape index (κ2) is 5.75. The SMILES string of the molecule is Cc1csc2c(=O)n(CC[NH+]3CCSCC3)c(=O)[nH]c12. The van der Waals surface area contributed by atoms with Crippen LogP contribution in [0, 0.1) is 6.92 Å². The summed E-state index contributed by atoms with van der Waals surface area (Å²) >= 11 is 3.39. The van der Waals surface area contributed by atoms with Gasteiger partial charge < -0.3 is 9.88 Å². The zero-order valence-electron chi connectivity index (χ0n) is 11.4. The van der Waals surface area contributed by atoms with Crippen molar-refractivity contribution in [3.8, 4) is 0 Å². The lowest BCUT2D eigenvalue weighted by Gasteiger charge is -2.23. The Balaban J connectivity index is 1.87. The van der Waals surface area contributed by atoms with E-state index < -0.39 is 0 Å². The van der Waals surface area contributed by atoms with Gasteiger partial charge in [0.2, 0.25) is 0 Å². The predicted octanol–water partition coefficient (Wildman–Crippen LogP) is -0.309. The first kappa shape index (κ1) is 13.9. The third-order valence-corrected chi connectivity index (χ3v) is 5.85. The highest BCUT2D eigenvalue weighted by Gasteiger charge is 2.16. The first-order valence-electron chi connectivity index (χ1n) is 6.79. The van der Waals surface area contributed by atoms with Crippen LogP contribution in [0.3, 0.4) is 0 Å². The van der Waals surface area contributed by atoms with E-state index in [1.165, 1.54) is 32.3 Å². The lowest BCUT2D eigenvalue weighted by atomic mass is 10.3. The van der Waals surface area contributed by atoms with Crippen LogP contribution in [0.1, 0.15) is 5.56 Å². The van der Waals surface area contributed by atoms with Crippen LogP contribution in [0.5, 0.6) is 0 Å². The number of aromatic amines is 1. The molecule has 108 valence electrons. The van der Waals surface area contributed by atoms with E-state index in [-0.39, 0.29) is 11.2 Å². The molecule has 2 N–H and O–H groups in total. The van der Waals surface area contributed by atoms with Crippen LogP contribution in [-0.2, 0) is 6.54 Å². The molecule has 0 bridgehead atoms. The molecule has 1 aliphatic heterocycles. The topological polar surface area (TPSA) is 59.3 Å². The number of thiophene rings is 1. The van der Waals surface area contributed by atoms with Crippen molar-refractivity contribution in [3.63, 3.8) is 0 Å². The molecule has 3 heterocycles. The zero-order chi connectivity index (χ0) is 14.1. The third kappa shape index (κ3) is 2.57. The number of quaternary nitrogens is 1. The maximum Gasteiger partial charge on any atom is 0.329 e. The average molecular weight is 312 g/mol. The molecule has 0 radical (unpaired) electrons. The van der Waals surface area contributed by atoms with Crippen molar-refractivity contribution in [2.75, 3.05) is 31.1 Å². The molecule has 2 aromatic heterocycles. The molecule has 0 atom stereocenters. The Bertz CT molecular complexity index is 725. The van der Waals surface area contributed by atoms with E-state index in [1.807, 2.05) is 24.1 Å². The van der Waals surface area contributed by atoms with Gasteiger partial charge in [-0.25, -0.2) is 4.79 Å². The van der Waals surface area contributed by atoms with Gasteiger partial charge in [0.1, 0.15) is 4.70 Å². The van der Waals surface area contributed by atoms with Gasteiger partial charge in [-0.05, 0) is 17.9 Å². The monoisotopic (exact) mass is 312 g/mol. The molecule has 7 heteroatoms. The summed E-state index contributed by atoms with van der Waals surface area (Å²) in [6, 6.07) is 0. The highest BCUT2D eigenvalue weighted by molar-refractivity contribution is 7.99. The summed E-state index contributed by atoms with van der Waals surface area (Å²) in [5.74, 6) is 2.34. The highest BCUT2D eigenvalue weighted by Crippen LogP contribution is 2.18. The summed E-state index contributed by atoms with van der Waals surface area (Å²) in [4.78, 5) is 28.8. The summed E-state index contributed by atoms with van der Waals surface area (Å²) in [7, 11) is 0. The molecule has 0 spiro atoms. The van der Waals surface area contributed by atoms with Crippen LogP contribution in [0.25, 0.3) is 10.2 Å². The van der Waals surface area contributed by atoms with Crippen LogP contribution in [-0.4, -0.2) is 40.7 Å². The zero-order valence-corrected chi connectivity index (χ0v) is 13.0. The molecule has 20 heavy (non-hydrogen) atoms. The number of hydrogen-bond donors (Lipinski definition) is 2. The molecule has 0 unspecified atom stereocenters. The van der Waals surface area contributed by atoms with Crippen molar-refractivity contribution >= 4 is 33.3 Å². The summed E-state index contributed by atoms with van der Waals surface area (Å²) in [5.41, 5.74) is 1.23. The molecule has 3 rings (SSSR count). The maximum atomic E-state index is 12.4. The number of thioether (sulfide) groups is 1. The van der Waals surface area contributed by atoms with E-state index in [2.05, 4.69) is 4.98 Å². The first-order chi connectivity index (χ1) is 9.66. The average Bonchev–Trinajstić information content (AvgIpc) is 2.81. The van der Waals surface area contributed by atoms with Gasteiger partial charge in [0, 0.05) is 11.5 Å². The highest BCUT2D eigenvalue weighted by atomic mass is 32.2. The van der Waals surface area contributed by atoms with Gasteiger partial charge in [0.05, 0.1) is 31.7 Å². The van der Waals surface area contributed by atoms with E-state index >= 15 is 0 Å². The van der Waals surface area contributed by atoms with Gasteiger partial charge in [0.15, 0.2) is 0 Å².